The van der Waals surface area contributed by atoms with Gasteiger partial charge < -0.3 is 9.42 Å². The van der Waals surface area contributed by atoms with Crippen LogP contribution in [-0.2, 0) is 11.3 Å². The van der Waals surface area contributed by atoms with Crippen LogP contribution >= 0.6 is 0 Å². The van der Waals surface area contributed by atoms with E-state index in [2.05, 4.69) is 15.2 Å². The Morgan fingerprint density at radius 3 is 3.14 bits per heavy atom. The zero-order chi connectivity index (χ0) is 14.7. The number of rotatable bonds is 5. The van der Waals surface area contributed by atoms with Crippen molar-refractivity contribution in [3.05, 3.63) is 30.2 Å². The molecule has 0 aromatic carbocycles. The first kappa shape index (κ1) is 13.8. The van der Waals surface area contributed by atoms with Crippen LogP contribution in [0.2, 0.25) is 0 Å². The van der Waals surface area contributed by atoms with E-state index < -0.39 is 0 Å². The molecule has 7 heteroatoms. The second-order valence-corrected chi connectivity index (χ2v) is 5.29. The van der Waals surface area contributed by atoms with E-state index >= 15 is 0 Å². The maximum atomic E-state index is 12.4. The predicted octanol–water partition coefficient (Wildman–Crippen LogP) is 1.72. The van der Waals surface area contributed by atoms with Crippen LogP contribution in [0.25, 0.3) is 0 Å². The lowest BCUT2D eigenvalue weighted by molar-refractivity contribution is -0.132. The number of hydrogen-bond acceptors (Lipinski definition) is 5. The fourth-order valence-corrected chi connectivity index (χ4v) is 2.75. The molecule has 0 unspecified atom stereocenters. The first-order chi connectivity index (χ1) is 10.2. The molecular weight excluding hydrogens is 270 g/mol. The van der Waals surface area contributed by atoms with Crippen LogP contribution in [0.1, 0.15) is 43.4 Å². The molecule has 0 N–H and O–H groups in total. The standard InChI is InChI=1S/C14H19N5O2/c1-11-16-14(17-21-11)12-5-2-10-19(12)13(20)6-3-8-18-9-4-7-15-18/h4,7,9,12H,2-3,5-6,8,10H2,1H3/t12-/m1/s1. The van der Waals surface area contributed by atoms with Gasteiger partial charge in [-0.25, -0.2) is 0 Å². The lowest BCUT2D eigenvalue weighted by Gasteiger charge is -2.22. The van der Waals surface area contributed by atoms with Gasteiger partial charge >= 0.3 is 0 Å². The van der Waals surface area contributed by atoms with Gasteiger partial charge in [0.1, 0.15) is 0 Å². The van der Waals surface area contributed by atoms with Crippen molar-refractivity contribution in [1.29, 1.82) is 0 Å². The van der Waals surface area contributed by atoms with Gasteiger partial charge in [-0.2, -0.15) is 10.1 Å². The zero-order valence-corrected chi connectivity index (χ0v) is 12.1. The lowest BCUT2D eigenvalue weighted by atomic mass is 10.2. The Labute approximate surface area is 122 Å². The molecule has 2 aromatic heterocycles. The second kappa shape index (κ2) is 6.07. The van der Waals surface area contributed by atoms with E-state index in [1.807, 2.05) is 21.8 Å². The Balaban J connectivity index is 1.55. The average Bonchev–Trinajstić information content (AvgIpc) is 3.18. The number of amides is 1. The van der Waals surface area contributed by atoms with E-state index in [1.54, 1.807) is 13.1 Å². The molecule has 0 bridgehead atoms. The largest absolute Gasteiger partial charge is 0.340 e. The van der Waals surface area contributed by atoms with Gasteiger partial charge in [-0.3, -0.25) is 9.48 Å². The number of likely N-dealkylation sites (tertiary alicyclic amines) is 1. The van der Waals surface area contributed by atoms with Crippen LogP contribution in [0.3, 0.4) is 0 Å². The molecule has 1 fully saturated rings. The molecule has 2 aromatic rings. The number of aromatic nitrogens is 4. The van der Waals surface area contributed by atoms with Crippen molar-refractivity contribution in [2.24, 2.45) is 0 Å². The highest BCUT2D eigenvalue weighted by molar-refractivity contribution is 5.76. The summed E-state index contributed by atoms with van der Waals surface area (Å²) in [6, 6.07) is 1.86. The zero-order valence-electron chi connectivity index (χ0n) is 12.1. The number of hydrogen-bond donors (Lipinski definition) is 0. The molecule has 0 spiro atoms. The van der Waals surface area contributed by atoms with Gasteiger partial charge in [0.2, 0.25) is 11.8 Å². The molecule has 0 aliphatic carbocycles. The second-order valence-electron chi connectivity index (χ2n) is 5.29. The molecular formula is C14H19N5O2. The molecule has 3 rings (SSSR count). The number of carbonyl (C=O) groups is 1. The van der Waals surface area contributed by atoms with Gasteiger partial charge in [0.25, 0.3) is 0 Å². The van der Waals surface area contributed by atoms with Gasteiger partial charge in [0.15, 0.2) is 5.82 Å². The molecule has 1 saturated heterocycles. The van der Waals surface area contributed by atoms with E-state index in [4.69, 9.17) is 4.52 Å². The smallest absolute Gasteiger partial charge is 0.223 e. The third kappa shape index (κ3) is 3.12. The van der Waals surface area contributed by atoms with Crippen LogP contribution in [0.4, 0.5) is 0 Å². The van der Waals surface area contributed by atoms with Crippen molar-refractivity contribution >= 4 is 5.91 Å². The molecule has 0 radical (unpaired) electrons. The monoisotopic (exact) mass is 289 g/mol. The van der Waals surface area contributed by atoms with Crippen LogP contribution < -0.4 is 0 Å². The van der Waals surface area contributed by atoms with Crippen molar-refractivity contribution in [1.82, 2.24) is 24.8 Å². The Bertz CT molecular complexity index is 592. The first-order valence-electron chi connectivity index (χ1n) is 7.31. The van der Waals surface area contributed by atoms with Gasteiger partial charge in [0.05, 0.1) is 6.04 Å². The topological polar surface area (TPSA) is 77.1 Å². The third-order valence-corrected chi connectivity index (χ3v) is 3.75. The minimum atomic E-state index is -0.0281. The van der Waals surface area contributed by atoms with E-state index in [0.717, 1.165) is 32.4 Å². The SMILES string of the molecule is Cc1nc([C@H]2CCCN2C(=O)CCCn2cccn2)no1. The minimum Gasteiger partial charge on any atom is -0.340 e. The number of aryl methyl sites for hydroxylation is 2. The van der Waals surface area contributed by atoms with E-state index in [-0.39, 0.29) is 11.9 Å². The maximum absolute atomic E-state index is 12.4. The van der Waals surface area contributed by atoms with Crippen LogP contribution in [0.15, 0.2) is 23.0 Å². The van der Waals surface area contributed by atoms with Crippen molar-refractivity contribution in [2.75, 3.05) is 6.54 Å². The Morgan fingerprint density at radius 1 is 1.52 bits per heavy atom. The summed E-state index contributed by atoms with van der Waals surface area (Å²) < 4.78 is 6.87. The van der Waals surface area contributed by atoms with E-state index in [0.29, 0.717) is 18.1 Å². The molecule has 3 heterocycles. The van der Waals surface area contributed by atoms with E-state index in [1.165, 1.54) is 0 Å². The van der Waals surface area contributed by atoms with Gasteiger partial charge in [-0.05, 0) is 25.3 Å². The quantitative estimate of drug-likeness (QED) is 0.837. The summed E-state index contributed by atoms with van der Waals surface area (Å²) in [4.78, 5) is 18.5. The van der Waals surface area contributed by atoms with Crippen molar-refractivity contribution in [2.45, 2.75) is 45.2 Å². The molecule has 112 valence electrons. The Morgan fingerprint density at radius 2 is 2.43 bits per heavy atom. The summed E-state index contributed by atoms with van der Waals surface area (Å²) in [5.41, 5.74) is 0. The summed E-state index contributed by atoms with van der Waals surface area (Å²) in [7, 11) is 0. The minimum absolute atomic E-state index is 0.0281. The van der Waals surface area contributed by atoms with Crippen molar-refractivity contribution < 1.29 is 9.32 Å². The van der Waals surface area contributed by atoms with Crippen LogP contribution in [0.5, 0.6) is 0 Å². The Hall–Kier alpha value is -2.18. The first-order valence-corrected chi connectivity index (χ1v) is 7.31. The molecule has 1 atom stereocenters. The highest BCUT2D eigenvalue weighted by Crippen LogP contribution is 2.30. The third-order valence-electron chi connectivity index (χ3n) is 3.75. The summed E-state index contributed by atoms with van der Waals surface area (Å²) in [5.74, 6) is 1.33. The van der Waals surface area contributed by atoms with Gasteiger partial charge in [0, 0.05) is 38.8 Å². The molecule has 1 aliphatic rings. The van der Waals surface area contributed by atoms with E-state index in [9.17, 15) is 4.79 Å². The average molecular weight is 289 g/mol. The van der Waals surface area contributed by atoms with Gasteiger partial charge in [-0.1, -0.05) is 5.16 Å². The van der Waals surface area contributed by atoms with Crippen molar-refractivity contribution in [3.63, 3.8) is 0 Å². The fraction of sp³-hybridized carbons (Fsp3) is 0.571. The summed E-state index contributed by atoms with van der Waals surface area (Å²) in [6.45, 7) is 3.30. The number of nitrogens with zero attached hydrogens (tertiary/aromatic N) is 5. The molecule has 21 heavy (non-hydrogen) atoms. The molecule has 1 aliphatic heterocycles. The lowest BCUT2D eigenvalue weighted by Crippen LogP contribution is -2.31. The van der Waals surface area contributed by atoms with Crippen LogP contribution in [0, 0.1) is 6.92 Å². The van der Waals surface area contributed by atoms with Crippen molar-refractivity contribution in [3.8, 4) is 0 Å². The molecule has 0 saturated carbocycles. The maximum Gasteiger partial charge on any atom is 0.223 e. The van der Waals surface area contributed by atoms with Crippen LogP contribution in [-0.4, -0.2) is 37.3 Å². The summed E-state index contributed by atoms with van der Waals surface area (Å²) >= 11 is 0. The fourth-order valence-electron chi connectivity index (χ4n) is 2.75. The highest BCUT2D eigenvalue weighted by Gasteiger charge is 2.32. The highest BCUT2D eigenvalue weighted by atomic mass is 16.5. The summed E-state index contributed by atoms with van der Waals surface area (Å²) in [6.07, 6.45) is 6.86. The van der Waals surface area contributed by atoms with Gasteiger partial charge in [-0.15, -0.1) is 0 Å². The Kier molecular flexibility index (Phi) is 3.98. The normalized spacial score (nSPS) is 18.3. The predicted molar refractivity (Wildman–Crippen MR) is 74.2 cm³/mol. The molecule has 7 nitrogen and oxygen atoms in total. The molecule has 1 amide bonds. The number of carbonyl (C=O) groups excluding carboxylic acids is 1. The summed E-state index contributed by atoms with van der Waals surface area (Å²) in [5, 5.41) is 8.09.